The van der Waals surface area contributed by atoms with Crippen LogP contribution in [-0.4, -0.2) is 22.6 Å². The first-order valence-electron chi connectivity index (χ1n) is 6.77. The van der Waals surface area contributed by atoms with E-state index in [1.807, 2.05) is 30.3 Å². The van der Waals surface area contributed by atoms with Crippen LogP contribution < -0.4 is 5.32 Å². The fraction of sp³-hybridized carbons (Fsp3) is 0.176. The lowest BCUT2D eigenvalue weighted by Crippen LogP contribution is -2.15. The quantitative estimate of drug-likeness (QED) is 0.534. The predicted octanol–water partition coefficient (Wildman–Crippen LogP) is 2.32. The Morgan fingerprint density at radius 2 is 2.00 bits per heavy atom. The number of nitrogens with zero attached hydrogens (tertiary/aromatic N) is 3. The van der Waals surface area contributed by atoms with Crippen LogP contribution in [0.4, 0.5) is 5.82 Å². The molecule has 0 aliphatic carbocycles. The topological polar surface area (TPSA) is 59.2 Å². The predicted molar refractivity (Wildman–Crippen MR) is 83.8 cm³/mol. The number of rotatable bonds is 4. The molecular formula is C17H14N4O. The SMILES string of the molecule is [C-]#[N+]CCC#Cc1ccc(NC(=O)Cc2ccccc2)nn1. The van der Waals surface area contributed by atoms with Crippen molar-refractivity contribution in [2.75, 3.05) is 11.9 Å². The van der Waals surface area contributed by atoms with E-state index in [0.29, 0.717) is 30.9 Å². The van der Waals surface area contributed by atoms with Gasteiger partial charge >= 0.3 is 0 Å². The van der Waals surface area contributed by atoms with E-state index in [1.165, 1.54) is 0 Å². The van der Waals surface area contributed by atoms with Crippen LogP contribution in [0.2, 0.25) is 0 Å². The molecule has 0 spiro atoms. The van der Waals surface area contributed by atoms with Crippen molar-refractivity contribution in [1.82, 2.24) is 10.2 Å². The van der Waals surface area contributed by atoms with Crippen molar-refractivity contribution in [2.45, 2.75) is 12.8 Å². The van der Waals surface area contributed by atoms with Gasteiger partial charge in [-0.1, -0.05) is 36.3 Å². The number of carbonyl (C=O) groups is 1. The highest BCUT2D eigenvalue weighted by Crippen LogP contribution is 2.04. The molecule has 0 saturated carbocycles. The van der Waals surface area contributed by atoms with Crippen LogP contribution in [0.3, 0.4) is 0 Å². The normalized spacial score (nSPS) is 9.23. The molecule has 2 aromatic rings. The van der Waals surface area contributed by atoms with E-state index in [2.05, 4.69) is 32.2 Å². The lowest BCUT2D eigenvalue weighted by atomic mass is 10.1. The zero-order chi connectivity index (χ0) is 15.6. The number of aromatic nitrogens is 2. The number of carbonyl (C=O) groups excluding carboxylic acids is 1. The van der Waals surface area contributed by atoms with Crippen LogP contribution in [0.15, 0.2) is 42.5 Å². The Bertz CT molecular complexity index is 721. The molecule has 1 aromatic carbocycles. The highest BCUT2D eigenvalue weighted by Gasteiger charge is 2.04. The van der Waals surface area contributed by atoms with E-state index in [4.69, 9.17) is 6.57 Å². The number of anilines is 1. The average Bonchev–Trinajstić information content (AvgIpc) is 2.54. The largest absolute Gasteiger partial charge is 0.316 e. The molecule has 0 saturated heterocycles. The van der Waals surface area contributed by atoms with Crippen LogP contribution in [-0.2, 0) is 11.2 Å². The molecule has 1 aromatic heterocycles. The average molecular weight is 290 g/mol. The Balaban J connectivity index is 1.89. The summed E-state index contributed by atoms with van der Waals surface area (Å²) in [5.41, 5.74) is 1.46. The maximum absolute atomic E-state index is 11.9. The first kappa shape index (κ1) is 15.2. The fourth-order valence-corrected chi connectivity index (χ4v) is 1.70. The molecule has 1 N–H and O–H groups in total. The molecule has 0 fully saturated rings. The van der Waals surface area contributed by atoms with Crippen LogP contribution in [0.25, 0.3) is 4.85 Å². The van der Waals surface area contributed by atoms with Gasteiger partial charge in [-0.15, -0.1) is 10.2 Å². The molecule has 1 amide bonds. The monoisotopic (exact) mass is 290 g/mol. The van der Waals surface area contributed by atoms with Crippen molar-refractivity contribution < 1.29 is 4.79 Å². The van der Waals surface area contributed by atoms with E-state index < -0.39 is 0 Å². The third-order valence-electron chi connectivity index (χ3n) is 2.70. The Kier molecular flexibility index (Phi) is 5.66. The maximum Gasteiger partial charge on any atom is 0.229 e. The van der Waals surface area contributed by atoms with Gasteiger partial charge in [0.25, 0.3) is 0 Å². The van der Waals surface area contributed by atoms with Crippen LogP contribution in [0.1, 0.15) is 17.7 Å². The molecule has 0 bridgehead atoms. The zero-order valence-corrected chi connectivity index (χ0v) is 11.9. The zero-order valence-electron chi connectivity index (χ0n) is 11.9. The molecule has 0 aliphatic rings. The van der Waals surface area contributed by atoms with Gasteiger partial charge in [0, 0.05) is 0 Å². The Hall–Kier alpha value is -3.18. The van der Waals surface area contributed by atoms with Gasteiger partial charge in [-0.05, 0) is 23.6 Å². The van der Waals surface area contributed by atoms with Gasteiger partial charge in [0.2, 0.25) is 12.5 Å². The summed E-state index contributed by atoms with van der Waals surface area (Å²) >= 11 is 0. The van der Waals surface area contributed by atoms with Gasteiger partial charge in [0.05, 0.1) is 12.8 Å². The van der Waals surface area contributed by atoms with Crippen molar-refractivity contribution in [3.05, 3.63) is 65.1 Å². The minimum absolute atomic E-state index is 0.142. The third kappa shape index (κ3) is 5.07. The van der Waals surface area contributed by atoms with Gasteiger partial charge < -0.3 is 10.2 Å². The Morgan fingerprint density at radius 3 is 2.68 bits per heavy atom. The van der Waals surface area contributed by atoms with Crippen molar-refractivity contribution in [1.29, 1.82) is 0 Å². The molecule has 5 heteroatoms. The summed E-state index contributed by atoms with van der Waals surface area (Å²) in [7, 11) is 0. The number of hydrogen-bond donors (Lipinski definition) is 1. The van der Waals surface area contributed by atoms with Crippen LogP contribution in [0, 0.1) is 18.4 Å². The summed E-state index contributed by atoms with van der Waals surface area (Å²) in [6.07, 6.45) is 0.807. The number of amides is 1. The molecule has 22 heavy (non-hydrogen) atoms. The molecule has 0 unspecified atom stereocenters. The van der Waals surface area contributed by atoms with E-state index >= 15 is 0 Å². The smallest absolute Gasteiger partial charge is 0.229 e. The number of hydrogen-bond acceptors (Lipinski definition) is 3. The van der Waals surface area contributed by atoms with E-state index in [0.717, 1.165) is 5.56 Å². The molecule has 0 radical (unpaired) electrons. The van der Waals surface area contributed by atoms with Crippen molar-refractivity contribution >= 4 is 11.7 Å². The minimum atomic E-state index is -0.142. The molecule has 108 valence electrons. The van der Waals surface area contributed by atoms with Crippen molar-refractivity contribution in [3.8, 4) is 11.8 Å². The molecule has 5 nitrogen and oxygen atoms in total. The van der Waals surface area contributed by atoms with E-state index in [-0.39, 0.29) is 5.91 Å². The second kappa shape index (κ2) is 8.18. The second-order valence-corrected chi connectivity index (χ2v) is 4.45. The molecule has 2 rings (SSSR count). The number of benzene rings is 1. The van der Waals surface area contributed by atoms with E-state index in [9.17, 15) is 4.79 Å². The third-order valence-corrected chi connectivity index (χ3v) is 2.70. The Morgan fingerprint density at radius 1 is 1.18 bits per heavy atom. The molecule has 1 heterocycles. The standard InChI is InChI=1S/C17H14N4O/c1-18-12-6-5-9-15-10-11-16(21-20-15)19-17(22)13-14-7-3-2-4-8-14/h2-4,7-8,10-11H,6,12-13H2,(H,19,21,22). The highest BCUT2D eigenvalue weighted by molar-refractivity contribution is 5.91. The van der Waals surface area contributed by atoms with E-state index in [1.54, 1.807) is 12.1 Å². The van der Waals surface area contributed by atoms with Crippen molar-refractivity contribution in [3.63, 3.8) is 0 Å². The first-order valence-corrected chi connectivity index (χ1v) is 6.77. The van der Waals surface area contributed by atoms with Gasteiger partial charge in [-0.25, -0.2) is 6.57 Å². The van der Waals surface area contributed by atoms with Gasteiger partial charge in [-0.3, -0.25) is 4.79 Å². The highest BCUT2D eigenvalue weighted by atomic mass is 16.1. The van der Waals surface area contributed by atoms with Gasteiger partial charge in [0.15, 0.2) is 5.82 Å². The summed E-state index contributed by atoms with van der Waals surface area (Å²) in [5.74, 6) is 5.92. The van der Waals surface area contributed by atoms with Crippen LogP contribution >= 0.6 is 0 Å². The maximum atomic E-state index is 11.9. The molecule has 0 aliphatic heterocycles. The second-order valence-electron chi connectivity index (χ2n) is 4.45. The summed E-state index contributed by atoms with van der Waals surface area (Å²) < 4.78 is 0. The van der Waals surface area contributed by atoms with Crippen LogP contribution in [0.5, 0.6) is 0 Å². The molecular weight excluding hydrogens is 276 g/mol. The lowest BCUT2D eigenvalue weighted by Gasteiger charge is -2.03. The summed E-state index contributed by atoms with van der Waals surface area (Å²) in [4.78, 5) is 15.1. The summed E-state index contributed by atoms with van der Waals surface area (Å²) in [6, 6.07) is 12.8. The Labute approximate surface area is 129 Å². The fourth-order valence-electron chi connectivity index (χ4n) is 1.70. The first-order chi connectivity index (χ1) is 10.8. The van der Waals surface area contributed by atoms with Crippen molar-refractivity contribution in [2.24, 2.45) is 0 Å². The minimum Gasteiger partial charge on any atom is -0.316 e. The summed E-state index contributed by atoms with van der Waals surface area (Å²) in [5, 5.41) is 10.5. The number of nitrogens with one attached hydrogen (secondary N) is 1. The molecule has 0 atom stereocenters. The van der Waals surface area contributed by atoms with Gasteiger partial charge in [0.1, 0.15) is 5.69 Å². The summed E-state index contributed by atoms with van der Waals surface area (Å²) in [6.45, 7) is 7.03. The lowest BCUT2D eigenvalue weighted by molar-refractivity contribution is -0.115. The van der Waals surface area contributed by atoms with Gasteiger partial charge in [-0.2, -0.15) is 0 Å².